The maximum Gasteiger partial charge on any atom is 0.125 e. The monoisotopic (exact) mass is 295 g/mol. The Hall–Kier alpha value is -0.980. The molecule has 1 aromatic carbocycles. The lowest BCUT2D eigenvalue weighted by Crippen LogP contribution is -2.18. The fraction of sp³-hybridized carbons (Fsp3) is 0.429. The highest BCUT2D eigenvalue weighted by Gasteiger charge is 2.11. The number of nitrogens with one attached hydrogen (secondary N) is 1. The Balaban J connectivity index is 2.84. The van der Waals surface area contributed by atoms with Gasteiger partial charge in [-0.05, 0) is 25.6 Å². The largest absolute Gasteiger partial charge is 0.492 e. The molecule has 3 heteroatoms. The van der Waals surface area contributed by atoms with Crippen molar-refractivity contribution in [2.45, 2.75) is 26.3 Å². The fourth-order valence-corrected chi connectivity index (χ4v) is 1.97. The molecule has 1 aromatic rings. The summed E-state index contributed by atoms with van der Waals surface area (Å²) in [6, 6.07) is 6.36. The predicted octanol–water partition coefficient (Wildman–Crippen LogP) is 3.52. The van der Waals surface area contributed by atoms with Gasteiger partial charge in [-0.1, -0.05) is 28.9 Å². The van der Waals surface area contributed by atoms with Crippen molar-refractivity contribution in [1.82, 2.24) is 5.32 Å². The maximum absolute atomic E-state index is 5.71. The highest BCUT2D eigenvalue weighted by molar-refractivity contribution is 9.10. The van der Waals surface area contributed by atoms with Crippen LogP contribution in [0.5, 0.6) is 5.75 Å². The Morgan fingerprint density at radius 1 is 1.53 bits per heavy atom. The van der Waals surface area contributed by atoms with Crippen LogP contribution in [0, 0.1) is 12.3 Å². The number of benzene rings is 1. The van der Waals surface area contributed by atoms with Crippen LogP contribution in [-0.4, -0.2) is 13.2 Å². The van der Waals surface area contributed by atoms with Crippen LogP contribution < -0.4 is 10.1 Å². The van der Waals surface area contributed by atoms with Gasteiger partial charge in [0, 0.05) is 22.5 Å². The van der Waals surface area contributed by atoms with Crippen LogP contribution >= 0.6 is 15.9 Å². The number of halogens is 1. The summed E-state index contributed by atoms with van der Waals surface area (Å²) in [4.78, 5) is 0. The molecule has 92 valence electrons. The second-order valence-electron chi connectivity index (χ2n) is 3.76. The Morgan fingerprint density at radius 2 is 2.29 bits per heavy atom. The molecule has 0 spiro atoms. The van der Waals surface area contributed by atoms with Crippen LogP contribution in [0.25, 0.3) is 0 Å². The summed E-state index contributed by atoms with van der Waals surface area (Å²) >= 11 is 3.45. The number of terminal acetylenes is 1. The number of hydrogen-bond acceptors (Lipinski definition) is 2. The van der Waals surface area contributed by atoms with E-state index in [0.717, 1.165) is 22.3 Å². The Bertz CT molecular complexity index is 398. The van der Waals surface area contributed by atoms with Gasteiger partial charge in [0.15, 0.2) is 0 Å². The zero-order valence-corrected chi connectivity index (χ0v) is 11.9. The summed E-state index contributed by atoms with van der Waals surface area (Å²) in [6.07, 6.45) is 5.84. The lowest BCUT2D eigenvalue weighted by atomic mass is 10.1. The molecule has 0 aliphatic heterocycles. The molecule has 0 amide bonds. The third-order valence-corrected chi connectivity index (χ3v) is 2.95. The SMILES string of the molecule is C#CCCOc1cc(Br)ccc1C(C)NCC. The van der Waals surface area contributed by atoms with Crippen molar-refractivity contribution in [1.29, 1.82) is 0 Å². The molecule has 1 N–H and O–H groups in total. The summed E-state index contributed by atoms with van der Waals surface area (Å²) in [5.41, 5.74) is 1.16. The summed E-state index contributed by atoms with van der Waals surface area (Å²) < 4.78 is 6.73. The van der Waals surface area contributed by atoms with Gasteiger partial charge in [0.05, 0.1) is 6.61 Å². The van der Waals surface area contributed by atoms with E-state index in [0.29, 0.717) is 13.0 Å². The van der Waals surface area contributed by atoms with Crippen molar-refractivity contribution in [2.24, 2.45) is 0 Å². The molecule has 1 unspecified atom stereocenters. The van der Waals surface area contributed by atoms with Crippen molar-refractivity contribution < 1.29 is 4.74 Å². The normalized spacial score (nSPS) is 11.9. The van der Waals surface area contributed by atoms with Gasteiger partial charge in [-0.15, -0.1) is 12.3 Å². The first-order valence-corrected chi connectivity index (χ1v) is 6.57. The van der Waals surface area contributed by atoms with Crippen molar-refractivity contribution in [3.05, 3.63) is 28.2 Å². The third kappa shape index (κ3) is 4.41. The smallest absolute Gasteiger partial charge is 0.125 e. The first kappa shape index (κ1) is 14.1. The summed E-state index contributed by atoms with van der Waals surface area (Å²) in [7, 11) is 0. The molecule has 0 saturated carbocycles. The first-order valence-electron chi connectivity index (χ1n) is 5.78. The van der Waals surface area contributed by atoms with Crippen LogP contribution in [0.3, 0.4) is 0 Å². The molecule has 0 radical (unpaired) electrons. The molecular formula is C14H18BrNO. The number of rotatable bonds is 6. The molecule has 0 fully saturated rings. The van der Waals surface area contributed by atoms with Gasteiger partial charge >= 0.3 is 0 Å². The molecule has 0 heterocycles. The number of hydrogen-bond donors (Lipinski definition) is 1. The highest BCUT2D eigenvalue weighted by Crippen LogP contribution is 2.28. The van der Waals surface area contributed by atoms with Crippen LogP contribution in [0.15, 0.2) is 22.7 Å². The maximum atomic E-state index is 5.71. The van der Waals surface area contributed by atoms with E-state index >= 15 is 0 Å². The molecule has 1 rings (SSSR count). The minimum atomic E-state index is 0.272. The Kier molecular flexibility index (Phi) is 6.10. The van der Waals surface area contributed by atoms with Gasteiger partial charge in [0.2, 0.25) is 0 Å². The van der Waals surface area contributed by atoms with Crippen LogP contribution in [0.4, 0.5) is 0 Å². The van der Waals surface area contributed by atoms with E-state index in [1.54, 1.807) is 0 Å². The van der Waals surface area contributed by atoms with Gasteiger partial charge in [-0.3, -0.25) is 0 Å². The van der Waals surface area contributed by atoms with E-state index in [1.165, 1.54) is 0 Å². The van der Waals surface area contributed by atoms with Gasteiger partial charge in [0.1, 0.15) is 5.75 Å². The second-order valence-corrected chi connectivity index (χ2v) is 4.68. The lowest BCUT2D eigenvalue weighted by Gasteiger charge is -2.17. The van der Waals surface area contributed by atoms with Crippen LogP contribution in [0.1, 0.15) is 31.9 Å². The van der Waals surface area contributed by atoms with Crippen LogP contribution in [-0.2, 0) is 0 Å². The van der Waals surface area contributed by atoms with E-state index in [9.17, 15) is 0 Å². The average molecular weight is 296 g/mol. The van der Waals surface area contributed by atoms with E-state index in [1.807, 2.05) is 12.1 Å². The average Bonchev–Trinajstić information content (AvgIpc) is 2.30. The van der Waals surface area contributed by atoms with Gasteiger partial charge in [-0.2, -0.15) is 0 Å². The van der Waals surface area contributed by atoms with E-state index in [2.05, 4.69) is 47.1 Å². The molecule has 0 aromatic heterocycles. The van der Waals surface area contributed by atoms with Crippen molar-refractivity contribution in [3.8, 4) is 18.1 Å². The van der Waals surface area contributed by atoms with E-state index in [-0.39, 0.29) is 6.04 Å². The van der Waals surface area contributed by atoms with Crippen molar-refractivity contribution in [3.63, 3.8) is 0 Å². The summed E-state index contributed by atoms with van der Waals surface area (Å²) in [6.45, 7) is 5.70. The zero-order chi connectivity index (χ0) is 12.7. The van der Waals surface area contributed by atoms with Crippen molar-refractivity contribution in [2.75, 3.05) is 13.2 Å². The number of ether oxygens (including phenoxy) is 1. The first-order chi connectivity index (χ1) is 8.19. The molecule has 17 heavy (non-hydrogen) atoms. The molecule has 0 aliphatic carbocycles. The standard InChI is InChI=1S/C14H18BrNO/c1-4-6-9-17-14-10-12(15)7-8-13(14)11(3)16-5-2/h1,7-8,10-11,16H,5-6,9H2,2-3H3. The van der Waals surface area contributed by atoms with E-state index < -0.39 is 0 Å². The predicted molar refractivity (Wildman–Crippen MR) is 75.2 cm³/mol. The van der Waals surface area contributed by atoms with Gasteiger partial charge in [-0.25, -0.2) is 0 Å². The Morgan fingerprint density at radius 3 is 2.94 bits per heavy atom. The fourth-order valence-electron chi connectivity index (χ4n) is 1.63. The molecule has 2 nitrogen and oxygen atoms in total. The minimum absolute atomic E-state index is 0.272. The molecule has 1 atom stereocenters. The van der Waals surface area contributed by atoms with Crippen molar-refractivity contribution >= 4 is 15.9 Å². The van der Waals surface area contributed by atoms with Gasteiger partial charge < -0.3 is 10.1 Å². The Labute approximate surface area is 112 Å². The molecule has 0 saturated heterocycles. The van der Waals surface area contributed by atoms with E-state index in [4.69, 9.17) is 11.2 Å². The van der Waals surface area contributed by atoms with Gasteiger partial charge in [0.25, 0.3) is 0 Å². The highest BCUT2D eigenvalue weighted by atomic mass is 79.9. The topological polar surface area (TPSA) is 21.3 Å². The quantitative estimate of drug-likeness (QED) is 0.640. The zero-order valence-electron chi connectivity index (χ0n) is 10.3. The van der Waals surface area contributed by atoms with Crippen LogP contribution in [0.2, 0.25) is 0 Å². The lowest BCUT2D eigenvalue weighted by molar-refractivity contribution is 0.320. The molecular weight excluding hydrogens is 278 g/mol. The molecule has 0 aliphatic rings. The summed E-state index contributed by atoms with van der Waals surface area (Å²) in [5.74, 6) is 3.47. The second kappa shape index (κ2) is 7.37. The minimum Gasteiger partial charge on any atom is -0.492 e. The molecule has 0 bridgehead atoms. The summed E-state index contributed by atoms with van der Waals surface area (Å²) in [5, 5.41) is 3.38. The third-order valence-electron chi connectivity index (χ3n) is 2.46.